The minimum Gasteiger partial charge on any atom is -0.497 e. The first-order valence-corrected chi connectivity index (χ1v) is 9.22. The molecule has 0 saturated carbocycles. The van der Waals surface area contributed by atoms with Gasteiger partial charge in [0.05, 0.1) is 32.9 Å². The minimum atomic E-state index is -0.221. The number of nitrogens with one attached hydrogen (secondary N) is 1. The predicted molar refractivity (Wildman–Crippen MR) is 110 cm³/mol. The Morgan fingerprint density at radius 1 is 1.00 bits per heavy atom. The minimum absolute atomic E-state index is 0.145. The van der Waals surface area contributed by atoms with E-state index in [1.165, 1.54) is 10.7 Å². The summed E-state index contributed by atoms with van der Waals surface area (Å²) in [6.45, 7) is 0.577. The lowest BCUT2D eigenvalue weighted by Gasteiger charge is -2.10. The van der Waals surface area contributed by atoms with Crippen molar-refractivity contribution in [2.24, 2.45) is 0 Å². The van der Waals surface area contributed by atoms with Gasteiger partial charge < -0.3 is 14.8 Å². The standard InChI is InChI=1S/C22H23N3O4/c1-28-18-9-7-16(8-10-18)19-11-12-22(27)25(24-19)14-13-23-21(26)15-17-5-3-4-6-20(17)29-2/h3-12H,13-15H2,1-2H3,(H,23,26). The molecular formula is C22H23N3O4. The molecule has 0 aliphatic rings. The summed E-state index contributed by atoms with van der Waals surface area (Å²) in [5.41, 5.74) is 2.14. The first kappa shape index (κ1) is 20.1. The maximum Gasteiger partial charge on any atom is 0.266 e. The molecule has 1 heterocycles. The summed E-state index contributed by atoms with van der Waals surface area (Å²) in [5, 5.41) is 7.22. The number of para-hydroxylation sites is 1. The van der Waals surface area contributed by atoms with E-state index in [9.17, 15) is 9.59 Å². The summed E-state index contributed by atoms with van der Waals surface area (Å²) >= 11 is 0. The second-order valence-electron chi connectivity index (χ2n) is 6.35. The lowest BCUT2D eigenvalue weighted by molar-refractivity contribution is -0.120. The molecule has 0 saturated heterocycles. The van der Waals surface area contributed by atoms with Gasteiger partial charge in [0.15, 0.2) is 0 Å². The third kappa shape index (κ3) is 5.22. The number of methoxy groups -OCH3 is 2. The van der Waals surface area contributed by atoms with Gasteiger partial charge in [0.1, 0.15) is 11.5 Å². The average Bonchev–Trinajstić information content (AvgIpc) is 2.75. The monoisotopic (exact) mass is 393 g/mol. The van der Waals surface area contributed by atoms with Crippen molar-refractivity contribution >= 4 is 5.91 Å². The Morgan fingerprint density at radius 2 is 1.76 bits per heavy atom. The van der Waals surface area contributed by atoms with Gasteiger partial charge in [-0.3, -0.25) is 9.59 Å². The van der Waals surface area contributed by atoms with Crippen LogP contribution in [0.3, 0.4) is 0 Å². The number of carbonyl (C=O) groups excluding carboxylic acids is 1. The Balaban J connectivity index is 1.61. The quantitative estimate of drug-likeness (QED) is 0.635. The Morgan fingerprint density at radius 3 is 2.48 bits per heavy atom. The van der Waals surface area contributed by atoms with Crippen LogP contribution in [-0.4, -0.2) is 36.5 Å². The summed E-state index contributed by atoms with van der Waals surface area (Å²) in [6.07, 6.45) is 0.207. The van der Waals surface area contributed by atoms with Crippen molar-refractivity contribution in [3.05, 3.63) is 76.6 Å². The zero-order chi connectivity index (χ0) is 20.6. The van der Waals surface area contributed by atoms with Gasteiger partial charge in [-0.25, -0.2) is 4.68 Å². The second-order valence-corrected chi connectivity index (χ2v) is 6.35. The van der Waals surface area contributed by atoms with E-state index in [1.54, 1.807) is 20.3 Å². The molecule has 0 atom stereocenters. The van der Waals surface area contributed by atoms with Gasteiger partial charge in [-0.2, -0.15) is 5.10 Å². The van der Waals surface area contributed by atoms with Crippen LogP contribution >= 0.6 is 0 Å². The highest BCUT2D eigenvalue weighted by molar-refractivity contribution is 5.79. The summed E-state index contributed by atoms with van der Waals surface area (Å²) in [7, 11) is 3.18. The number of amides is 1. The molecule has 3 rings (SSSR count). The molecule has 7 heteroatoms. The highest BCUT2D eigenvalue weighted by atomic mass is 16.5. The second kappa shape index (κ2) is 9.54. The van der Waals surface area contributed by atoms with Crippen molar-refractivity contribution in [1.29, 1.82) is 0 Å². The van der Waals surface area contributed by atoms with Gasteiger partial charge >= 0.3 is 0 Å². The number of carbonyl (C=O) groups is 1. The van der Waals surface area contributed by atoms with Crippen LogP contribution in [0.15, 0.2) is 65.5 Å². The Labute approximate surface area is 168 Å². The molecule has 29 heavy (non-hydrogen) atoms. The van der Waals surface area contributed by atoms with Crippen LogP contribution in [0.4, 0.5) is 0 Å². The largest absolute Gasteiger partial charge is 0.497 e. The molecule has 1 aromatic heterocycles. The fraction of sp³-hybridized carbons (Fsp3) is 0.227. The Kier molecular flexibility index (Phi) is 6.63. The number of benzene rings is 2. The van der Waals surface area contributed by atoms with Gasteiger partial charge in [0.25, 0.3) is 5.56 Å². The van der Waals surface area contributed by atoms with Gasteiger partial charge in [0.2, 0.25) is 5.91 Å². The maximum atomic E-state index is 12.2. The molecule has 0 fully saturated rings. The highest BCUT2D eigenvalue weighted by Crippen LogP contribution is 2.19. The Bertz CT molecular complexity index is 1030. The molecule has 1 N–H and O–H groups in total. The van der Waals surface area contributed by atoms with Crippen LogP contribution in [0, 0.1) is 0 Å². The van der Waals surface area contributed by atoms with Crippen LogP contribution in [-0.2, 0) is 17.8 Å². The zero-order valence-corrected chi connectivity index (χ0v) is 16.4. The van der Waals surface area contributed by atoms with E-state index >= 15 is 0 Å². The van der Waals surface area contributed by atoms with E-state index in [2.05, 4.69) is 10.4 Å². The average molecular weight is 393 g/mol. The van der Waals surface area contributed by atoms with E-state index in [-0.39, 0.29) is 24.4 Å². The van der Waals surface area contributed by atoms with Crippen molar-refractivity contribution in [3.8, 4) is 22.8 Å². The number of hydrogen-bond donors (Lipinski definition) is 1. The molecule has 0 bridgehead atoms. The zero-order valence-electron chi connectivity index (χ0n) is 16.4. The SMILES string of the molecule is COc1ccc(-c2ccc(=O)n(CCNC(=O)Cc3ccccc3OC)n2)cc1. The predicted octanol–water partition coefficient (Wildman–Crippen LogP) is 2.29. The first-order valence-electron chi connectivity index (χ1n) is 9.22. The van der Waals surface area contributed by atoms with Crippen LogP contribution in [0.1, 0.15) is 5.56 Å². The molecule has 3 aromatic rings. The third-order valence-electron chi connectivity index (χ3n) is 4.44. The van der Waals surface area contributed by atoms with Crippen molar-refractivity contribution in [2.45, 2.75) is 13.0 Å². The summed E-state index contributed by atoms with van der Waals surface area (Å²) < 4.78 is 11.8. The van der Waals surface area contributed by atoms with E-state index in [0.29, 0.717) is 18.0 Å². The van der Waals surface area contributed by atoms with Crippen LogP contribution in [0.2, 0.25) is 0 Å². The molecule has 2 aromatic carbocycles. The van der Waals surface area contributed by atoms with E-state index in [0.717, 1.165) is 16.9 Å². The normalized spacial score (nSPS) is 10.4. The summed E-state index contributed by atoms with van der Waals surface area (Å²) in [5.74, 6) is 1.28. The number of ether oxygens (including phenoxy) is 2. The highest BCUT2D eigenvalue weighted by Gasteiger charge is 2.09. The van der Waals surface area contributed by atoms with Crippen molar-refractivity contribution in [2.75, 3.05) is 20.8 Å². The molecule has 1 amide bonds. The number of nitrogens with zero attached hydrogens (tertiary/aromatic N) is 2. The van der Waals surface area contributed by atoms with E-state index in [4.69, 9.17) is 9.47 Å². The lowest BCUT2D eigenvalue weighted by Crippen LogP contribution is -2.32. The fourth-order valence-corrected chi connectivity index (χ4v) is 2.91. The topological polar surface area (TPSA) is 82.5 Å². The molecule has 150 valence electrons. The van der Waals surface area contributed by atoms with Crippen molar-refractivity contribution in [1.82, 2.24) is 15.1 Å². The number of hydrogen-bond acceptors (Lipinski definition) is 5. The molecule has 0 unspecified atom stereocenters. The molecule has 0 aliphatic heterocycles. The van der Waals surface area contributed by atoms with E-state index < -0.39 is 0 Å². The maximum absolute atomic E-state index is 12.2. The van der Waals surface area contributed by atoms with Gasteiger partial charge in [-0.15, -0.1) is 0 Å². The summed E-state index contributed by atoms with van der Waals surface area (Å²) in [6, 6.07) is 18.0. The van der Waals surface area contributed by atoms with Crippen LogP contribution in [0.5, 0.6) is 11.5 Å². The molecule has 7 nitrogen and oxygen atoms in total. The van der Waals surface area contributed by atoms with Gasteiger partial charge in [-0.05, 0) is 36.4 Å². The number of rotatable bonds is 8. The fourth-order valence-electron chi connectivity index (χ4n) is 2.91. The summed E-state index contributed by atoms with van der Waals surface area (Å²) in [4.78, 5) is 24.3. The van der Waals surface area contributed by atoms with Gasteiger partial charge in [-0.1, -0.05) is 18.2 Å². The van der Waals surface area contributed by atoms with Crippen molar-refractivity contribution < 1.29 is 14.3 Å². The number of aromatic nitrogens is 2. The van der Waals surface area contributed by atoms with Crippen LogP contribution in [0.25, 0.3) is 11.3 Å². The van der Waals surface area contributed by atoms with Crippen LogP contribution < -0.4 is 20.3 Å². The molecule has 0 spiro atoms. The first-order chi connectivity index (χ1) is 14.1. The molecule has 0 radical (unpaired) electrons. The Hall–Kier alpha value is -3.61. The van der Waals surface area contributed by atoms with Crippen molar-refractivity contribution in [3.63, 3.8) is 0 Å². The van der Waals surface area contributed by atoms with Gasteiger partial charge in [0, 0.05) is 23.7 Å². The third-order valence-corrected chi connectivity index (χ3v) is 4.44. The molecular weight excluding hydrogens is 370 g/mol. The smallest absolute Gasteiger partial charge is 0.266 e. The van der Waals surface area contributed by atoms with E-state index in [1.807, 2.05) is 48.5 Å². The molecule has 0 aliphatic carbocycles. The lowest BCUT2D eigenvalue weighted by atomic mass is 10.1.